The van der Waals surface area contributed by atoms with Crippen LogP contribution in [0.5, 0.6) is 17.2 Å². The lowest BCUT2D eigenvalue weighted by Gasteiger charge is -2.47. The number of rotatable bonds is 4. The number of ether oxygens (including phenoxy) is 2. The fourth-order valence-corrected chi connectivity index (χ4v) is 6.16. The van der Waals surface area contributed by atoms with Crippen molar-refractivity contribution in [3.05, 3.63) is 92.7 Å². The fourth-order valence-electron chi connectivity index (χ4n) is 6.16. The van der Waals surface area contributed by atoms with Crippen LogP contribution in [0.4, 0.5) is 0 Å². The Morgan fingerprint density at radius 2 is 1.60 bits per heavy atom. The van der Waals surface area contributed by atoms with Gasteiger partial charge in [0.15, 0.2) is 0 Å². The molecule has 7 heteroatoms. The highest BCUT2D eigenvalue weighted by Gasteiger charge is 2.47. The minimum Gasteiger partial charge on any atom is -0.507 e. The van der Waals surface area contributed by atoms with Gasteiger partial charge in [-0.05, 0) is 75.9 Å². The highest BCUT2D eigenvalue weighted by Crippen LogP contribution is 2.58. The van der Waals surface area contributed by atoms with Crippen molar-refractivity contribution in [1.82, 2.24) is 0 Å². The number of benzene rings is 2. The summed E-state index contributed by atoms with van der Waals surface area (Å²) in [6, 6.07) is 9.45. The monoisotopic (exact) mass is 540 g/mol. The summed E-state index contributed by atoms with van der Waals surface area (Å²) < 4.78 is 24.7. The van der Waals surface area contributed by atoms with E-state index in [9.17, 15) is 14.7 Å². The predicted octanol–water partition coefficient (Wildman–Crippen LogP) is 6.97. The molecule has 7 nitrogen and oxygen atoms in total. The summed E-state index contributed by atoms with van der Waals surface area (Å²) in [7, 11) is 0. The SMILES string of the molecule is C=CC(C)(C)c1c2c3c(c4ccc(=O)oc14)O[C@](C)(C=Cc1c(O)ccc4ccc(=O)oc14)C[C@H]3CC(C)(C)O2. The zero-order chi connectivity index (χ0) is 28.6. The molecule has 0 aliphatic carbocycles. The molecule has 0 amide bonds. The lowest BCUT2D eigenvalue weighted by Crippen LogP contribution is -2.43. The molecule has 2 aromatic heterocycles. The Labute approximate surface area is 231 Å². The van der Waals surface area contributed by atoms with Gasteiger partial charge in [0.05, 0.1) is 10.9 Å². The number of hydrogen-bond donors (Lipinski definition) is 1. The zero-order valence-corrected chi connectivity index (χ0v) is 23.3. The summed E-state index contributed by atoms with van der Waals surface area (Å²) in [5.41, 5.74) is 0.0926. The van der Waals surface area contributed by atoms with Crippen molar-refractivity contribution in [2.45, 2.75) is 70.0 Å². The molecule has 4 heterocycles. The first-order valence-electron chi connectivity index (χ1n) is 13.4. The highest BCUT2D eigenvalue weighted by atomic mass is 16.5. The largest absolute Gasteiger partial charge is 0.507 e. The third-order valence-electron chi connectivity index (χ3n) is 8.10. The lowest BCUT2D eigenvalue weighted by atomic mass is 9.72. The summed E-state index contributed by atoms with van der Waals surface area (Å²) in [5.74, 6) is 1.37. The summed E-state index contributed by atoms with van der Waals surface area (Å²) in [4.78, 5) is 24.4. The first-order chi connectivity index (χ1) is 18.8. The first kappa shape index (κ1) is 26.0. The molecule has 6 rings (SSSR count). The maximum absolute atomic E-state index is 12.4. The second-order valence-electron chi connectivity index (χ2n) is 12.3. The molecule has 0 unspecified atom stereocenters. The van der Waals surface area contributed by atoms with Crippen LogP contribution in [0.2, 0.25) is 0 Å². The van der Waals surface area contributed by atoms with Gasteiger partial charge in [-0.15, -0.1) is 6.58 Å². The van der Waals surface area contributed by atoms with Gasteiger partial charge in [-0.1, -0.05) is 19.9 Å². The van der Waals surface area contributed by atoms with E-state index >= 15 is 0 Å². The molecule has 2 aliphatic heterocycles. The molecule has 40 heavy (non-hydrogen) atoms. The summed E-state index contributed by atoms with van der Waals surface area (Å²) in [6.45, 7) is 14.2. The van der Waals surface area contributed by atoms with E-state index in [-0.39, 0.29) is 11.7 Å². The molecule has 1 N–H and O–H groups in total. The molecule has 0 saturated carbocycles. The van der Waals surface area contributed by atoms with Crippen molar-refractivity contribution in [2.75, 3.05) is 0 Å². The highest BCUT2D eigenvalue weighted by molar-refractivity contribution is 5.93. The van der Waals surface area contributed by atoms with Gasteiger partial charge in [0.25, 0.3) is 0 Å². The normalized spacial score (nSPS) is 21.7. The Hall–Kier alpha value is -4.26. The Morgan fingerprint density at radius 1 is 0.925 bits per heavy atom. The summed E-state index contributed by atoms with van der Waals surface area (Å²) >= 11 is 0. The molecule has 0 bridgehead atoms. The van der Waals surface area contributed by atoms with E-state index in [1.54, 1.807) is 30.3 Å². The molecule has 2 atom stereocenters. The minimum atomic E-state index is -0.801. The fraction of sp³-hybridized carbons (Fsp3) is 0.333. The van der Waals surface area contributed by atoms with Crippen LogP contribution >= 0.6 is 0 Å². The molecular formula is C33H32O7. The van der Waals surface area contributed by atoms with Gasteiger partial charge >= 0.3 is 11.3 Å². The van der Waals surface area contributed by atoms with Crippen molar-refractivity contribution in [3.63, 3.8) is 0 Å². The molecule has 206 valence electrons. The van der Waals surface area contributed by atoms with Crippen LogP contribution in [0.15, 0.2) is 73.6 Å². The number of phenols is 1. The third-order valence-corrected chi connectivity index (χ3v) is 8.10. The van der Waals surface area contributed by atoms with Crippen LogP contribution in [0.25, 0.3) is 28.0 Å². The van der Waals surface area contributed by atoms with Crippen molar-refractivity contribution in [2.24, 2.45) is 0 Å². The number of phenolic OH excluding ortho intramolecular Hbond substituents is 1. The van der Waals surface area contributed by atoms with Crippen LogP contribution in [-0.2, 0) is 5.41 Å². The second kappa shape index (κ2) is 8.62. The van der Waals surface area contributed by atoms with Crippen LogP contribution in [0, 0.1) is 0 Å². The predicted molar refractivity (Wildman–Crippen MR) is 155 cm³/mol. The molecule has 0 spiro atoms. The van der Waals surface area contributed by atoms with E-state index in [2.05, 4.69) is 20.4 Å². The van der Waals surface area contributed by atoms with Gasteiger partial charge in [0, 0.05) is 34.1 Å². The Balaban J connectivity index is 1.57. The average Bonchev–Trinajstić information content (AvgIpc) is 2.86. The zero-order valence-electron chi connectivity index (χ0n) is 23.3. The average molecular weight is 541 g/mol. The van der Waals surface area contributed by atoms with E-state index in [0.717, 1.165) is 17.5 Å². The maximum Gasteiger partial charge on any atom is 0.336 e. The second-order valence-corrected chi connectivity index (χ2v) is 12.3. The molecule has 0 fully saturated rings. The topological polar surface area (TPSA) is 99.1 Å². The molecule has 4 aromatic rings. The van der Waals surface area contributed by atoms with Crippen molar-refractivity contribution in [3.8, 4) is 17.2 Å². The number of hydrogen-bond acceptors (Lipinski definition) is 7. The van der Waals surface area contributed by atoms with E-state index in [4.69, 9.17) is 18.3 Å². The Morgan fingerprint density at radius 3 is 2.33 bits per heavy atom. The third kappa shape index (κ3) is 4.12. The summed E-state index contributed by atoms with van der Waals surface area (Å²) in [5, 5.41) is 12.0. The van der Waals surface area contributed by atoms with Gasteiger partial charge in [-0.25, -0.2) is 9.59 Å². The number of fused-ring (bicyclic) bond motifs is 3. The Bertz CT molecular complexity index is 1850. The van der Waals surface area contributed by atoms with Crippen molar-refractivity contribution < 1.29 is 23.4 Å². The van der Waals surface area contributed by atoms with Gasteiger partial charge in [0.1, 0.15) is 39.6 Å². The first-order valence-corrected chi connectivity index (χ1v) is 13.4. The van der Waals surface area contributed by atoms with Gasteiger partial charge in [-0.2, -0.15) is 0 Å². The van der Waals surface area contributed by atoms with E-state index in [0.29, 0.717) is 45.4 Å². The molecule has 0 radical (unpaired) electrons. The van der Waals surface area contributed by atoms with Crippen LogP contribution in [0.3, 0.4) is 0 Å². The standard InChI is InChI=1S/C33H32O7/c1-7-31(2,3)26-29-21(10-13-24(36)38-29)28-25-19(16-32(4,5)39-30(25)26)17-33(6,40-28)15-14-20-22(34)11-8-18-9-12-23(35)37-27(18)20/h7-15,19,34H,1,16-17H2,2-6H3/t19-,33-/m1/s1. The lowest BCUT2D eigenvalue weighted by molar-refractivity contribution is 0.0319. The molecule has 0 saturated heterocycles. The van der Waals surface area contributed by atoms with Gasteiger partial charge in [-0.3, -0.25) is 0 Å². The Kier molecular flexibility index (Phi) is 5.60. The molecule has 2 aliphatic rings. The van der Waals surface area contributed by atoms with Crippen LogP contribution in [-0.4, -0.2) is 16.3 Å². The quantitative estimate of drug-likeness (QED) is 0.220. The van der Waals surface area contributed by atoms with Crippen LogP contribution < -0.4 is 20.7 Å². The summed E-state index contributed by atoms with van der Waals surface area (Å²) in [6.07, 6.45) is 6.87. The molecular weight excluding hydrogens is 508 g/mol. The maximum atomic E-state index is 12.4. The van der Waals surface area contributed by atoms with E-state index in [1.807, 2.05) is 32.9 Å². The van der Waals surface area contributed by atoms with Crippen molar-refractivity contribution >= 4 is 28.0 Å². The van der Waals surface area contributed by atoms with Crippen molar-refractivity contribution in [1.29, 1.82) is 0 Å². The van der Waals surface area contributed by atoms with Crippen LogP contribution in [0.1, 0.15) is 70.1 Å². The van der Waals surface area contributed by atoms with Gasteiger partial charge in [0.2, 0.25) is 0 Å². The molecule has 2 aromatic carbocycles. The number of allylic oxidation sites excluding steroid dienone is 1. The smallest absolute Gasteiger partial charge is 0.336 e. The number of aromatic hydroxyl groups is 1. The van der Waals surface area contributed by atoms with E-state index < -0.39 is 27.9 Å². The minimum absolute atomic E-state index is 0.00378. The van der Waals surface area contributed by atoms with E-state index in [1.165, 1.54) is 12.1 Å². The van der Waals surface area contributed by atoms with Gasteiger partial charge < -0.3 is 23.4 Å².